The van der Waals surface area contributed by atoms with Crippen molar-refractivity contribution in [2.75, 3.05) is 14.2 Å². The topological polar surface area (TPSA) is 79.1 Å². The lowest BCUT2D eigenvalue weighted by Gasteiger charge is -2.24. The molecule has 0 spiro atoms. The van der Waals surface area contributed by atoms with Gasteiger partial charge in [-0.1, -0.05) is 41.7 Å². The molecule has 3 heterocycles. The monoisotopic (exact) mass is 488 g/mol. The summed E-state index contributed by atoms with van der Waals surface area (Å²) < 4.78 is 18.5. The minimum absolute atomic E-state index is 0.215. The fourth-order valence-electron chi connectivity index (χ4n) is 4.37. The van der Waals surface area contributed by atoms with Crippen LogP contribution in [0.2, 0.25) is 0 Å². The van der Waals surface area contributed by atoms with Crippen LogP contribution in [0.1, 0.15) is 31.0 Å². The van der Waals surface area contributed by atoms with Gasteiger partial charge >= 0.3 is 5.97 Å². The first-order valence-corrected chi connectivity index (χ1v) is 11.9. The van der Waals surface area contributed by atoms with Crippen LogP contribution in [-0.4, -0.2) is 30.9 Å². The molecule has 2 aliphatic heterocycles. The van der Waals surface area contributed by atoms with Crippen LogP contribution in [0, 0.1) is 0 Å². The molecule has 0 saturated heterocycles. The minimum atomic E-state index is -0.665. The largest absolute Gasteiger partial charge is 0.497 e. The highest BCUT2D eigenvalue weighted by atomic mass is 32.1. The second-order valence-electron chi connectivity index (χ2n) is 8.29. The fourth-order valence-corrected chi connectivity index (χ4v) is 5.41. The molecule has 1 aromatic heterocycles. The highest BCUT2D eigenvalue weighted by Crippen LogP contribution is 2.32. The number of allylic oxidation sites excluding steroid dienone is 1. The molecule has 178 valence electrons. The van der Waals surface area contributed by atoms with Crippen LogP contribution in [0.15, 0.2) is 75.2 Å². The molecule has 3 aromatic rings. The van der Waals surface area contributed by atoms with Gasteiger partial charge < -0.3 is 14.2 Å². The van der Waals surface area contributed by atoms with Crippen LogP contribution >= 0.6 is 11.3 Å². The molecule has 0 unspecified atom stereocenters. The second kappa shape index (κ2) is 9.03. The Morgan fingerprint density at radius 2 is 1.89 bits per heavy atom. The molecule has 0 saturated carbocycles. The van der Waals surface area contributed by atoms with E-state index in [0.29, 0.717) is 26.4 Å². The number of hydrogen-bond acceptors (Lipinski definition) is 7. The number of nitrogens with zero attached hydrogens (tertiary/aromatic N) is 2. The predicted molar refractivity (Wildman–Crippen MR) is 134 cm³/mol. The van der Waals surface area contributed by atoms with Crippen molar-refractivity contribution in [3.63, 3.8) is 0 Å². The number of fused-ring (bicyclic) bond motifs is 2. The summed E-state index contributed by atoms with van der Waals surface area (Å²) in [6.07, 6.45) is 3.67. The third kappa shape index (κ3) is 4.00. The third-order valence-electron chi connectivity index (χ3n) is 6.17. The van der Waals surface area contributed by atoms with Crippen molar-refractivity contribution in [1.82, 2.24) is 4.57 Å². The molecule has 0 radical (unpaired) electrons. The first kappa shape index (κ1) is 22.9. The number of esters is 1. The summed E-state index contributed by atoms with van der Waals surface area (Å²) in [5.41, 5.74) is 3.24. The van der Waals surface area contributed by atoms with E-state index in [1.54, 1.807) is 30.7 Å². The Labute approximate surface area is 205 Å². The Morgan fingerprint density at radius 3 is 2.60 bits per heavy atom. The van der Waals surface area contributed by atoms with Gasteiger partial charge in [-0.15, -0.1) is 0 Å². The number of aromatic nitrogens is 1. The molecule has 35 heavy (non-hydrogen) atoms. The Kier molecular flexibility index (Phi) is 5.90. The number of carbonyl (C=O) groups is 1. The highest BCUT2D eigenvalue weighted by Gasteiger charge is 2.33. The van der Waals surface area contributed by atoms with Crippen molar-refractivity contribution in [1.29, 1.82) is 0 Å². The van der Waals surface area contributed by atoms with Gasteiger partial charge in [0.25, 0.3) is 5.56 Å². The van der Waals surface area contributed by atoms with Gasteiger partial charge in [0, 0.05) is 5.56 Å². The number of benzene rings is 2. The molecule has 8 heteroatoms. The maximum atomic E-state index is 13.7. The average molecular weight is 489 g/mol. The van der Waals surface area contributed by atoms with E-state index in [9.17, 15) is 9.59 Å². The van der Waals surface area contributed by atoms with E-state index in [1.165, 1.54) is 18.4 Å². The molecule has 7 nitrogen and oxygen atoms in total. The Balaban J connectivity index is 1.69. The van der Waals surface area contributed by atoms with Gasteiger partial charge in [-0.3, -0.25) is 9.36 Å². The molecule has 0 N–H and O–H groups in total. The number of carbonyl (C=O) groups excluding carboxylic acids is 1. The van der Waals surface area contributed by atoms with Crippen LogP contribution in [-0.2, 0) is 9.53 Å². The SMILES string of the molecule is COC(=O)C1=C(C)N=c2s/c(=C\C3=Cc4ccccc4O[C@H]3C)c(=O)n2[C@@H]1c1ccc(OC)cc1. The molecule has 2 aromatic carbocycles. The average Bonchev–Trinajstić information content (AvgIpc) is 3.17. The molecule has 5 rings (SSSR count). The fraction of sp³-hybridized carbons (Fsp3) is 0.222. The smallest absolute Gasteiger partial charge is 0.338 e. The minimum Gasteiger partial charge on any atom is -0.497 e. The molecule has 2 aliphatic rings. The molecule has 0 amide bonds. The number of ether oxygens (including phenoxy) is 3. The van der Waals surface area contributed by atoms with Gasteiger partial charge in [-0.2, -0.15) is 0 Å². The van der Waals surface area contributed by atoms with E-state index < -0.39 is 12.0 Å². The molecule has 2 atom stereocenters. The van der Waals surface area contributed by atoms with Crippen molar-refractivity contribution >= 4 is 29.5 Å². The van der Waals surface area contributed by atoms with Crippen molar-refractivity contribution < 1.29 is 19.0 Å². The summed E-state index contributed by atoms with van der Waals surface area (Å²) >= 11 is 1.29. The van der Waals surface area contributed by atoms with Crippen LogP contribution in [0.3, 0.4) is 0 Å². The van der Waals surface area contributed by atoms with E-state index in [-0.39, 0.29) is 11.7 Å². The molecule has 0 fully saturated rings. The maximum Gasteiger partial charge on any atom is 0.338 e. The van der Waals surface area contributed by atoms with Gasteiger partial charge in [-0.05, 0) is 55.3 Å². The van der Waals surface area contributed by atoms with E-state index in [1.807, 2.05) is 55.5 Å². The lowest BCUT2D eigenvalue weighted by molar-refractivity contribution is -0.136. The van der Waals surface area contributed by atoms with Crippen molar-refractivity contribution in [3.05, 3.63) is 96.2 Å². The van der Waals surface area contributed by atoms with Crippen molar-refractivity contribution in [2.24, 2.45) is 4.99 Å². The standard InChI is InChI=1S/C27H24N2O5S/c1-15-23(26(31)33-4)24(17-9-11-20(32-3)12-10-17)29-25(30)22(35-27(29)28-15)14-19-13-18-7-5-6-8-21(18)34-16(19)2/h5-14,16,24H,1-4H3/b22-14-/t16-,24+/m0/s1. The summed E-state index contributed by atoms with van der Waals surface area (Å²) in [4.78, 5) is 31.6. The second-order valence-corrected chi connectivity index (χ2v) is 9.30. The predicted octanol–water partition coefficient (Wildman–Crippen LogP) is 3.23. The van der Waals surface area contributed by atoms with Crippen LogP contribution in [0.25, 0.3) is 12.2 Å². The summed E-state index contributed by atoms with van der Waals surface area (Å²) in [6, 6.07) is 14.4. The lowest BCUT2D eigenvalue weighted by atomic mass is 9.96. The van der Waals surface area contributed by atoms with Crippen LogP contribution in [0.4, 0.5) is 0 Å². The molecule has 0 bridgehead atoms. The van der Waals surface area contributed by atoms with Gasteiger partial charge in [-0.25, -0.2) is 9.79 Å². The number of para-hydroxylation sites is 1. The van der Waals surface area contributed by atoms with E-state index >= 15 is 0 Å². The first-order valence-electron chi connectivity index (χ1n) is 11.1. The van der Waals surface area contributed by atoms with Gasteiger partial charge in [0.15, 0.2) is 4.80 Å². The Morgan fingerprint density at radius 1 is 1.14 bits per heavy atom. The van der Waals surface area contributed by atoms with Gasteiger partial charge in [0.1, 0.15) is 17.6 Å². The summed E-state index contributed by atoms with van der Waals surface area (Å²) in [7, 11) is 2.92. The molecular weight excluding hydrogens is 464 g/mol. The third-order valence-corrected chi connectivity index (χ3v) is 7.15. The number of thiazole rings is 1. The van der Waals surface area contributed by atoms with Crippen LogP contribution < -0.4 is 24.4 Å². The Hall–Kier alpha value is -3.91. The molecular formula is C27H24N2O5S. The van der Waals surface area contributed by atoms with Crippen molar-refractivity contribution in [2.45, 2.75) is 26.0 Å². The van der Waals surface area contributed by atoms with E-state index in [0.717, 1.165) is 22.4 Å². The van der Waals surface area contributed by atoms with Crippen LogP contribution in [0.5, 0.6) is 11.5 Å². The van der Waals surface area contributed by atoms with Crippen molar-refractivity contribution in [3.8, 4) is 11.5 Å². The zero-order valence-electron chi connectivity index (χ0n) is 19.8. The number of methoxy groups -OCH3 is 2. The lowest BCUT2D eigenvalue weighted by Crippen LogP contribution is -2.40. The Bertz CT molecular complexity index is 1560. The summed E-state index contributed by atoms with van der Waals surface area (Å²) in [6.45, 7) is 3.71. The normalized spacial score (nSPS) is 19.2. The van der Waals surface area contributed by atoms with E-state index in [2.05, 4.69) is 4.99 Å². The zero-order valence-corrected chi connectivity index (χ0v) is 20.6. The molecule has 0 aliphatic carbocycles. The maximum absolute atomic E-state index is 13.7. The highest BCUT2D eigenvalue weighted by molar-refractivity contribution is 7.07. The summed E-state index contributed by atoms with van der Waals surface area (Å²) in [5.74, 6) is 0.978. The van der Waals surface area contributed by atoms with Gasteiger partial charge in [0.2, 0.25) is 0 Å². The number of hydrogen-bond donors (Lipinski definition) is 0. The quantitative estimate of drug-likeness (QED) is 0.527. The zero-order chi connectivity index (χ0) is 24.7. The summed E-state index contributed by atoms with van der Waals surface area (Å²) in [5, 5.41) is 0. The van der Waals surface area contributed by atoms with Gasteiger partial charge in [0.05, 0.1) is 36.1 Å². The van der Waals surface area contributed by atoms with E-state index in [4.69, 9.17) is 14.2 Å². The number of rotatable bonds is 4. The first-order chi connectivity index (χ1) is 16.9.